The van der Waals surface area contributed by atoms with Crippen LogP contribution in [0.5, 0.6) is 0 Å². The Labute approximate surface area is 85.9 Å². The van der Waals surface area contributed by atoms with E-state index in [0.29, 0.717) is 13.1 Å². The van der Waals surface area contributed by atoms with E-state index < -0.39 is 5.79 Å². The minimum absolute atomic E-state index is 0.0790. The molecular formula is C10H22N2O2. The largest absolute Gasteiger partial charge is 0.342 e. The van der Waals surface area contributed by atoms with Gasteiger partial charge in [-0.1, -0.05) is 20.8 Å². The maximum absolute atomic E-state index is 5.84. The van der Waals surface area contributed by atoms with E-state index in [2.05, 4.69) is 20.8 Å². The molecule has 0 aromatic heterocycles. The smallest absolute Gasteiger partial charge is 0.171 e. The summed E-state index contributed by atoms with van der Waals surface area (Å²) in [4.78, 5) is 0. The molecule has 0 bridgehead atoms. The van der Waals surface area contributed by atoms with E-state index in [1.165, 1.54) is 0 Å². The molecule has 1 rings (SSSR count). The highest BCUT2D eigenvalue weighted by atomic mass is 16.8. The first-order valence-electron chi connectivity index (χ1n) is 5.10. The van der Waals surface area contributed by atoms with Crippen LogP contribution in [0.3, 0.4) is 0 Å². The van der Waals surface area contributed by atoms with Gasteiger partial charge in [-0.3, -0.25) is 0 Å². The summed E-state index contributed by atoms with van der Waals surface area (Å²) in [6, 6.07) is 0. The predicted octanol–water partition coefficient (Wildman–Crippen LogP) is 0.450. The molecule has 4 nitrogen and oxygen atoms in total. The summed E-state index contributed by atoms with van der Waals surface area (Å²) in [5, 5.41) is 0. The summed E-state index contributed by atoms with van der Waals surface area (Å²) < 4.78 is 11.7. The molecule has 0 aromatic rings. The monoisotopic (exact) mass is 202 g/mol. The molecule has 4 heteroatoms. The van der Waals surface area contributed by atoms with Gasteiger partial charge in [0.1, 0.15) is 12.2 Å². The Bertz CT molecular complexity index is 189. The van der Waals surface area contributed by atoms with E-state index >= 15 is 0 Å². The van der Waals surface area contributed by atoms with Crippen LogP contribution in [0.25, 0.3) is 0 Å². The van der Waals surface area contributed by atoms with Crippen molar-refractivity contribution in [2.45, 2.75) is 45.7 Å². The third-order valence-electron chi connectivity index (χ3n) is 2.99. The molecule has 0 saturated carbocycles. The molecule has 0 amide bonds. The highest BCUT2D eigenvalue weighted by molar-refractivity contribution is 4.91. The van der Waals surface area contributed by atoms with Crippen LogP contribution in [0.15, 0.2) is 0 Å². The van der Waals surface area contributed by atoms with Crippen molar-refractivity contribution >= 4 is 0 Å². The zero-order valence-electron chi connectivity index (χ0n) is 9.54. The van der Waals surface area contributed by atoms with Crippen molar-refractivity contribution in [1.82, 2.24) is 0 Å². The van der Waals surface area contributed by atoms with Gasteiger partial charge in [-0.25, -0.2) is 0 Å². The topological polar surface area (TPSA) is 70.5 Å². The van der Waals surface area contributed by atoms with Gasteiger partial charge in [0.05, 0.1) is 0 Å². The van der Waals surface area contributed by atoms with Crippen molar-refractivity contribution in [3.8, 4) is 0 Å². The van der Waals surface area contributed by atoms with Crippen molar-refractivity contribution in [3.63, 3.8) is 0 Å². The molecule has 0 radical (unpaired) electrons. The lowest BCUT2D eigenvalue weighted by molar-refractivity contribution is -0.222. The van der Waals surface area contributed by atoms with Gasteiger partial charge < -0.3 is 20.9 Å². The third kappa shape index (κ3) is 1.93. The SMILES string of the molecule is CC(C)(C)C1(C)O[C@@H](CN)[C@@H](CN)O1. The average Bonchev–Trinajstić information content (AvgIpc) is 2.42. The molecule has 3 atom stereocenters. The molecule has 84 valence electrons. The Hall–Kier alpha value is -0.160. The predicted molar refractivity (Wildman–Crippen MR) is 55.7 cm³/mol. The summed E-state index contributed by atoms with van der Waals surface area (Å²) in [6.07, 6.45) is -0.159. The van der Waals surface area contributed by atoms with Crippen LogP contribution < -0.4 is 11.5 Å². The van der Waals surface area contributed by atoms with Crippen LogP contribution in [0.2, 0.25) is 0 Å². The van der Waals surface area contributed by atoms with E-state index in [0.717, 1.165) is 0 Å². The van der Waals surface area contributed by atoms with Crippen LogP contribution >= 0.6 is 0 Å². The van der Waals surface area contributed by atoms with E-state index in [1.54, 1.807) is 0 Å². The van der Waals surface area contributed by atoms with Gasteiger partial charge in [0.2, 0.25) is 0 Å². The van der Waals surface area contributed by atoms with Crippen molar-refractivity contribution in [1.29, 1.82) is 0 Å². The lowest BCUT2D eigenvalue weighted by atomic mass is 9.87. The Morgan fingerprint density at radius 1 is 1.07 bits per heavy atom. The molecule has 1 aliphatic rings. The average molecular weight is 202 g/mol. The molecule has 0 spiro atoms. The fourth-order valence-corrected chi connectivity index (χ4v) is 1.51. The third-order valence-corrected chi connectivity index (χ3v) is 2.99. The van der Waals surface area contributed by atoms with E-state index in [4.69, 9.17) is 20.9 Å². The fourth-order valence-electron chi connectivity index (χ4n) is 1.51. The number of hydrogen-bond donors (Lipinski definition) is 2. The van der Waals surface area contributed by atoms with Gasteiger partial charge >= 0.3 is 0 Å². The molecule has 1 saturated heterocycles. The Morgan fingerprint density at radius 2 is 1.43 bits per heavy atom. The minimum atomic E-state index is -0.582. The van der Waals surface area contributed by atoms with Crippen molar-refractivity contribution in [2.75, 3.05) is 13.1 Å². The summed E-state index contributed by atoms with van der Waals surface area (Å²) in [5.74, 6) is -0.582. The second-order valence-corrected chi connectivity index (χ2v) is 4.98. The van der Waals surface area contributed by atoms with Crippen LogP contribution in [0, 0.1) is 5.41 Å². The van der Waals surface area contributed by atoms with Gasteiger partial charge in [-0.15, -0.1) is 0 Å². The molecule has 0 aromatic carbocycles. The zero-order chi connectivity index (χ0) is 11.0. The molecule has 4 N–H and O–H groups in total. The molecule has 1 fully saturated rings. The van der Waals surface area contributed by atoms with Crippen LogP contribution in [0.1, 0.15) is 27.7 Å². The Balaban J connectivity index is 2.78. The van der Waals surface area contributed by atoms with Crippen molar-refractivity contribution < 1.29 is 9.47 Å². The number of rotatable bonds is 2. The van der Waals surface area contributed by atoms with Crippen molar-refractivity contribution in [3.05, 3.63) is 0 Å². The van der Waals surface area contributed by atoms with Gasteiger partial charge in [-0.05, 0) is 6.92 Å². The highest BCUT2D eigenvalue weighted by Gasteiger charge is 2.50. The number of nitrogens with two attached hydrogens (primary N) is 2. The van der Waals surface area contributed by atoms with Crippen LogP contribution in [-0.4, -0.2) is 31.1 Å². The summed E-state index contributed by atoms with van der Waals surface area (Å²) >= 11 is 0. The summed E-state index contributed by atoms with van der Waals surface area (Å²) in [5.41, 5.74) is 11.1. The van der Waals surface area contributed by atoms with E-state index in [9.17, 15) is 0 Å². The van der Waals surface area contributed by atoms with Crippen molar-refractivity contribution in [2.24, 2.45) is 16.9 Å². The Morgan fingerprint density at radius 3 is 1.64 bits per heavy atom. The van der Waals surface area contributed by atoms with Gasteiger partial charge in [-0.2, -0.15) is 0 Å². The van der Waals surface area contributed by atoms with Crippen LogP contribution in [0.4, 0.5) is 0 Å². The quantitative estimate of drug-likeness (QED) is 0.682. The van der Waals surface area contributed by atoms with E-state index in [1.807, 2.05) is 6.92 Å². The second-order valence-electron chi connectivity index (χ2n) is 4.98. The summed E-state index contributed by atoms with van der Waals surface area (Å²) in [6.45, 7) is 9.10. The van der Waals surface area contributed by atoms with Gasteiger partial charge in [0, 0.05) is 18.5 Å². The maximum atomic E-state index is 5.84. The van der Waals surface area contributed by atoms with E-state index in [-0.39, 0.29) is 17.6 Å². The van der Waals surface area contributed by atoms with Gasteiger partial charge in [0.25, 0.3) is 0 Å². The lowest BCUT2D eigenvalue weighted by Gasteiger charge is -2.36. The first-order valence-corrected chi connectivity index (χ1v) is 5.10. The second kappa shape index (κ2) is 3.77. The highest BCUT2D eigenvalue weighted by Crippen LogP contribution is 2.41. The first-order chi connectivity index (χ1) is 6.34. The standard InChI is InChI=1S/C10H22N2O2/c1-9(2,3)10(4)13-7(5-11)8(6-12)14-10/h7-8H,5-6,11-12H2,1-4H3/t7-,8+,10?. The maximum Gasteiger partial charge on any atom is 0.171 e. The molecule has 1 aliphatic heterocycles. The number of hydrogen-bond acceptors (Lipinski definition) is 4. The molecule has 1 unspecified atom stereocenters. The lowest BCUT2D eigenvalue weighted by Crippen LogP contribution is -2.42. The van der Waals surface area contributed by atoms with Gasteiger partial charge in [0.15, 0.2) is 5.79 Å². The molecule has 1 heterocycles. The minimum Gasteiger partial charge on any atom is -0.342 e. The molecular weight excluding hydrogens is 180 g/mol. The first kappa shape index (κ1) is 11.9. The zero-order valence-corrected chi connectivity index (χ0v) is 9.54. The van der Waals surface area contributed by atoms with Crippen LogP contribution in [-0.2, 0) is 9.47 Å². The molecule has 14 heavy (non-hydrogen) atoms. The summed E-state index contributed by atoms with van der Waals surface area (Å²) in [7, 11) is 0. The molecule has 0 aliphatic carbocycles. The Kier molecular flexibility index (Phi) is 3.21. The fraction of sp³-hybridized carbons (Fsp3) is 1.00. The normalized spacial score (nSPS) is 39.0. The number of ether oxygens (including phenoxy) is 2.